The van der Waals surface area contributed by atoms with E-state index in [4.69, 9.17) is 4.74 Å². The third kappa shape index (κ3) is 3.70. The number of fused-ring (bicyclic) bond motifs is 1. The van der Waals surface area contributed by atoms with Gasteiger partial charge in [-0.05, 0) is 61.9 Å². The largest absolute Gasteiger partial charge is 0.497 e. The molecule has 5 heteroatoms. The van der Waals surface area contributed by atoms with E-state index in [2.05, 4.69) is 22.3 Å². The van der Waals surface area contributed by atoms with Crippen LogP contribution in [0.25, 0.3) is 0 Å². The number of H-pyrrole nitrogens is 1. The summed E-state index contributed by atoms with van der Waals surface area (Å²) in [5.74, 6) is 1.07. The Morgan fingerprint density at radius 1 is 1.36 bits per heavy atom. The fraction of sp³-hybridized carbons (Fsp3) is 0.500. The molecule has 2 heterocycles. The number of nitrogens with one attached hydrogen (secondary N) is 1. The second-order valence-electron chi connectivity index (χ2n) is 7.02. The summed E-state index contributed by atoms with van der Waals surface area (Å²) in [7, 11) is 1.69. The molecule has 0 saturated carbocycles. The zero-order valence-corrected chi connectivity index (χ0v) is 15.6. The second kappa shape index (κ2) is 7.30. The monoisotopic (exact) mass is 341 g/mol. The van der Waals surface area contributed by atoms with Gasteiger partial charge < -0.3 is 9.64 Å². The Balaban J connectivity index is 1.73. The maximum Gasteiger partial charge on any atom is 0.226 e. The number of methoxy groups -OCH3 is 1. The number of carbonyl (C=O) groups is 1. The van der Waals surface area contributed by atoms with Crippen molar-refractivity contribution in [3.63, 3.8) is 0 Å². The predicted octanol–water partition coefficient (Wildman–Crippen LogP) is 3.19. The van der Waals surface area contributed by atoms with Crippen molar-refractivity contribution in [1.82, 2.24) is 15.1 Å². The number of aromatic nitrogens is 2. The van der Waals surface area contributed by atoms with Crippen molar-refractivity contribution in [2.75, 3.05) is 13.7 Å². The highest BCUT2D eigenvalue weighted by atomic mass is 16.5. The second-order valence-corrected chi connectivity index (χ2v) is 7.02. The molecule has 1 aliphatic heterocycles. The maximum absolute atomic E-state index is 13.0. The number of rotatable bonds is 4. The van der Waals surface area contributed by atoms with Gasteiger partial charge in [0.1, 0.15) is 5.75 Å². The normalized spacial score (nSPS) is 15.4. The van der Waals surface area contributed by atoms with Crippen LogP contribution in [0.2, 0.25) is 0 Å². The summed E-state index contributed by atoms with van der Waals surface area (Å²) in [5.41, 5.74) is 5.75. The molecule has 0 radical (unpaired) electrons. The summed E-state index contributed by atoms with van der Waals surface area (Å²) in [6, 6.07) is 6.17. The molecule has 1 atom stereocenters. The van der Waals surface area contributed by atoms with E-state index in [1.165, 1.54) is 16.7 Å². The fourth-order valence-electron chi connectivity index (χ4n) is 3.63. The number of hydrogen-bond donors (Lipinski definition) is 1. The van der Waals surface area contributed by atoms with Crippen LogP contribution < -0.4 is 4.74 Å². The quantitative estimate of drug-likeness (QED) is 0.929. The van der Waals surface area contributed by atoms with Crippen LogP contribution in [0.4, 0.5) is 0 Å². The van der Waals surface area contributed by atoms with Gasteiger partial charge >= 0.3 is 0 Å². The average Bonchev–Trinajstić information content (AvgIpc) is 2.82. The van der Waals surface area contributed by atoms with Gasteiger partial charge in [-0.25, -0.2) is 0 Å². The van der Waals surface area contributed by atoms with Crippen molar-refractivity contribution in [1.29, 1.82) is 0 Å². The summed E-state index contributed by atoms with van der Waals surface area (Å²) < 4.78 is 5.33. The lowest BCUT2D eigenvalue weighted by atomic mass is 9.98. The lowest BCUT2D eigenvalue weighted by molar-refractivity contribution is -0.135. The Morgan fingerprint density at radius 3 is 2.84 bits per heavy atom. The fourth-order valence-corrected chi connectivity index (χ4v) is 3.63. The van der Waals surface area contributed by atoms with Gasteiger partial charge in [0.15, 0.2) is 0 Å². The Hall–Kier alpha value is -2.30. The summed E-state index contributed by atoms with van der Waals surface area (Å²) >= 11 is 0. The molecule has 5 nitrogen and oxygen atoms in total. The summed E-state index contributed by atoms with van der Waals surface area (Å²) in [6.45, 7) is 7.52. The summed E-state index contributed by atoms with van der Waals surface area (Å²) in [4.78, 5) is 15.0. The number of carbonyl (C=O) groups excluding carboxylic acids is 1. The number of ether oxygens (including phenoxy) is 1. The van der Waals surface area contributed by atoms with Gasteiger partial charge in [0, 0.05) is 24.7 Å². The van der Waals surface area contributed by atoms with Gasteiger partial charge in [-0.15, -0.1) is 0 Å². The van der Waals surface area contributed by atoms with E-state index in [-0.39, 0.29) is 11.8 Å². The lowest BCUT2D eigenvalue weighted by Crippen LogP contribution is -2.35. The Bertz CT molecular complexity index is 747. The first-order chi connectivity index (χ1) is 12.0. The molecular weight excluding hydrogens is 314 g/mol. The van der Waals surface area contributed by atoms with E-state index in [1.807, 2.05) is 31.7 Å². The van der Waals surface area contributed by atoms with Crippen LogP contribution in [0.15, 0.2) is 18.2 Å². The smallest absolute Gasteiger partial charge is 0.226 e. The molecule has 1 aliphatic rings. The van der Waals surface area contributed by atoms with Crippen LogP contribution in [0.3, 0.4) is 0 Å². The molecule has 1 N–H and O–H groups in total. The third-order valence-corrected chi connectivity index (χ3v) is 5.17. The zero-order valence-electron chi connectivity index (χ0n) is 15.6. The molecule has 1 aromatic heterocycles. The average molecular weight is 341 g/mol. The summed E-state index contributed by atoms with van der Waals surface area (Å²) in [5, 5.41) is 7.25. The van der Waals surface area contributed by atoms with Crippen LogP contribution in [-0.2, 0) is 24.2 Å². The molecule has 0 aliphatic carbocycles. The minimum atomic E-state index is -0.0465. The highest BCUT2D eigenvalue weighted by molar-refractivity contribution is 5.79. The third-order valence-electron chi connectivity index (χ3n) is 5.17. The van der Waals surface area contributed by atoms with E-state index < -0.39 is 0 Å². The highest BCUT2D eigenvalue weighted by Crippen LogP contribution is 2.25. The minimum absolute atomic E-state index is 0.0465. The Kier molecular flexibility index (Phi) is 5.11. The van der Waals surface area contributed by atoms with Gasteiger partial charge in [-0.3, -0.25) is 9.89 Å². The van der Waals surface area contributed by atoms with E-state index in [0.29, 0.717) is 6.54 Å². The lowest BCUT2D eigenvalue weighted by Gasteiger charge is -2.25. The van der Waals surface area contributed by atoms with Crippen molar-refractivity contribution in [2.45, 2.75) is 46.6 Å². The van der Waals surface area contributed by atoms with Crippen LogP contribution in [0, 0.1) is 19.8 Å². The Morgan fingerprint density at radius 2 is 2.16 bits per heavy atom. The van der Waals surface area contributed by atoms with Gasteiger partial charge in [-0.1, -0.05) is 13.0 Å². The zero-order chi connectivity index (χ0) is 18.0. The van der Waals surface area contributed by atoms with Crippen LogP contribution >= 0.6 is 0 Å². The molecule has 0 unspecified atom stereocenters. The standard InChI is InChI=1S/C20H27N3O2/c1-13(10-19-14(2)21-22-15(19)3)20(24)23-9-5-6-16-11-18(25-4)8-7-17(16)12-23/h7-8,11,13H,5-6,9-10,12H2,1-4H3,(H,21,22)/t13-/m1/s1. The van der Waals surface area contributed by atoms with Crippen LogP contribution in [-0.4, -0.2) is 34.7 Å². The predicted molar refractivity (Wildman–Crippen MR) is 97.7 cm³/mol. The van der Waals surface area contributed by atoms with Gasteiger partial charge in [-0.2, -0.15) is 5.10 Å². The molecule has 1 aromatic carbocycles. The summed E-state index contributed by atoms with van der Waals surface area (Å²) in [6.07, 6.45) is 2.71. The van der Waals surface area contributed by atoms with Crippen LogP contribution in [0.1, 0.15) is 41.4 Å². The molecule has 3 rings (SSSR count). The molecule has 1 amide bonds. The minimum Gasteiger partial charge on any atom is -0.497 e. The molecule has 0 fully saturated rings. The molecule has 2 aromatic rings. The van der Waals surface area contributed by atoms with Gasteiger partial charge in [0.05, 0.1) is 12.8 Å². The highest BCUT2D eigenvalue weighted by Gasteiger charge is 2.25. The number of benzene rings is 1. The number of hydrogen-bond acceptors (Lipinski definition) is 3. The molecule has 25 heavy (non-hydrogen) atoms. The topological polar surface area (TPSA) is 58.2 Å². The van der Waals surface area contributed by atoms with Gasteiger partial charge in [0.25, 0.3) is 0 Å². The van der Waals surface area contributed by atoms with Gasteiger partial charge in [0.2, 0.25) is 5.91 Å². The molecule has 0 saturated heterocycles. The first-order valence-corrected chi connectivity index (χ1v) is 8.94. The number of amides is 1. The number of aryl methyl sites for hydroxylation is 3. The number of nitrogens with zero attached hydrogens (tertiary/aromatic N) is 2. The van der Waals surface area contributed by atoms with Crippen molar-refractivity contribution < 1.29 is 9.53 Å². The molecular formula is C20H27N3O2. The van der Waals surface area contributed by atoms with E-state index in [1.54, 1.807) is 7.11 Å². The number of aromatic amines is 1. The maximum atomic E-state index is 13.0. The SMILES string of the molecule is COc1ccc2c(c1)CCCN(C(=O)[C@H](C)Cc1c(C)n[nH]c1C)C2. The molecule has 0 bridgehead atoms. The van der Waals surface area contributed by atoms with Crippen molar-refractivity contribution in [3.05, 3.63) is 46.3 Å². The van der Waals surface area contributed by atoms with E-state index >= 15 is 0 Å². The van der Waals surface area contributed by atoms with E-state index in [9.17, 15) is 4.79 Å². The molecule has 134 valence electrons. The Labute approximate surface area is 149 Å². The first kappa shape index (κ1) is 17.5. The first-order valence-electron chi connectivity index (χ1n) is 8.94. The van der Waals surface area contributed by atoms with E-state index in [0.717, 1.165) is 42.9 Å². The van der Waals surface area contributed by atoms with Crippen LogP contribution in [0.5, 0.6) is 5.75 Å². The molecule has 0 spiro atoms. The van der Waals surface area contributed by atoms with Crippen molar-refractivity contribution >= 4 is 5.91 Å². The van der Waals surface area contributed by atoms with Crippen molar-refractivity contribution in [3.8, 4) is 5.75 Å². The van der Waals surface area contributed by atoms with Crippen molar-refractivity contribution in [2.24, 2.45) is 5.92 Å².